The molecule has 0 unspecified atom stereocenters. The number of benzene rings is 1. The number of halogens is 1. The molecule has 19 heavy (non-hydrogen) atoms. The van der Waals surface area contributed by atoms with Gasteiger partial charge in [0.2, 0.25) is 0 Å². The smallest absolute Gasteiger partial charge is 0.149 e. The van der Waals surface area contributed by atoms with Gasteiger partial charge in [0, 0.05) is 6.20 Å². The first kappa shape index (κ1) is 12.0. The predicted molar refractivity (Wildman–Crippen MR) is 76.5 cm³/mol. The Morgan fingerprint density at radius 1 is 1.21 bits per heavy atom. The molecule has 0 fully saturated rings. The van der Waals surface area contributed by atoms with Crippen molar-refractivity contribution in [3.8, 4) is 22.9 Å². The molecular weight excluding hydrogens is 308 g/mol. The SMILES string of the molecule is COc1ccccc1-c1nc(Br)c2c(O)cccn12. The van der Waals surface area contributed by atoms with Crippen LogP contribution in [-0.2, 0) is 0 Å². The maximum absolute atomic E-state index is 9.92. The minimum atomic E-state index is 0.183. The molecule has 0 aliphatic carbocycles. The molecule has 0 saturated carbocycles. The highest BCUT2D eigenvalue weighted by Crippen LogP contribution is 2.34. The fourth-order valence-electron chi connectivity index (χ4n) is 2.10. The Kier molecular flexibility index (Phi) is 2.91. The Bertz CT molecular complexity index is 752. The second-order valence-electron chi connectivity index (χ2n) is 4.04. The summed E-state index contributed by atoms with van der Waals surface area (Å²) >= 11 is 3.38. The van der Waals surface area contributed by atoms with Gasteiger partial charge in [0.1, 0.15) is 27.4 Å². The number of imidazole rings is 1. The second-order valence-corrected chi connectivity index (χ2v) is 4.79. The summed E-state index contributed by atoms with van der Waals surface area (Å²) in [7, 11) is 1.63. The molecule has 0 saturated heterocycles. The molecule has 0 aliphatic rings. The van der Waals surface area contributed by atoms with Crippen molar-refractivity contribution in [2.75, 3.05) is 7.11 Å². The lowest BCUT2D eigenvalue weighted by molar-refractivity contribution is 0.416. The van der Waals surface area contributed by atoms with Gasteiger partial charge in [-0.25, -0.2) is 4.98 Å². The van der Waals surface area contributed by atoms with E-state index in [4.69, 9.17) is 4.74 Å². The number of pyridine rings is 1. The number of rotatable bonds is 2. The lowest BCUT2D eigenvalue weighted by atomic mass is 10.2. The lowest BCUT2D eigenvalue weighted by Crippen LogP contribution is -1.92. The van der Waals surface area contributed by atoms with Gasteiger partial charge in [-0.3, -0.25) is 4.40 Å². The number of methoxy groups -OCH3 is 1. The van der Waals surface area contributed by atoms with E-state index in [1.54, 1.807) is 19.2 Å². The van der Waals surface area contributed by atoms with Gasteiger partial charge in [-0.05, 0) is 40.2 Å². The van der Waals surface area contributed by atoms with Crippen molar-refractivity contribution < 1.29 is 9.84 Å². The van der Waals surface area contributed by atoms with E-state index in [-0.39, 0.29) is 5.75 Å². The maximum atomic E-state index is 9.92. The molecule has 0 spiro atoms. The minimum Gasteiger partial charge on any atom is -0.506 e. The molecular formula is C14H11BrN2O2. The van der Waals surface area contributed by atoms with E-state index in [2.05, 4.69) is 20.9 Å². The molecule has 0 radical (unpaired) electrons. The van der Waals surface area contributed by atoms with Crippen LogP contribution < -0.4 is 4.74 Å². The first-order valence-electron chi connectivity index (χ1n) is 5.71. The van der Waals surface area contributed by atoms with Crippen molar-refractivity contribution in [2.45, 2.75) is 0 Å². The zero-order valence-electron chi connectivity index (χ0n) is 10.2. The maximum Gasteiger partial charge on any atom is 0.149 e. The number of ether oxygens (including phenoxy) is 1. The molecule has 0 atom stereocenters. The second kappa shape index (κ2) is 4.59. The van der Waals surface area contributed by atoms with Crippen LogP contribution in [0, 0.1) is 0 Å². The highest BCUT2D eigenvalue weighted by atomic mass is 79.9. The summed E-state index contributed by atoms with van der Waals surface area (Å²) in [6.45, 7) is 0. The van der Waals surface area contributed by atoms with E-state index < -0.39 is 0 Å². The molecule has 3 aromatic rings. The fourth-order valence-corrected chi connectivity index (χ4v) is 2.66. The number of aromatic nitrogens is 2. The van der Waals surface area contributed by atoms with E-state index in [1.165, 1.54) is 0 Å². The van der Waals surface area contributed by atoms with Crippen molar-refractivity contribution >= 4 is 21.4 Å². The van der Waals surface area contributed by atoms with Crippen LogP contribution in [0.5, 0.6) is 11.5 Å². The molecule has 5 heteroatoms. The van der Waals surface area contributed by atoms with Crippen molar-refractivity contribution in [2.24, 2.45) is 0 Å². The Hall–Kier alpha value is -2.01. The van der Waals surface area contributed by atoms with Gasteiger partial charge in [0.05, 0.1) is 12.7 Å². The molecule has 0 aliphatic heterocycles. The standard InChI is InChI=1S/C14H11BrN2O2/c1-19-11-7-3-2-5-9(11)14-16-13(15)12-10(18)6-4-8-17(12)14/h2-8,18H,1H3. The van der Waals surface area contributed by atoms with Crippen molar-refractivity contribution in [3.05, 3.63) is 47.2 Å². The van der Waals surface area contributed by atoms with Gasteiger partial charge >= 0.3 is 0 Å². The summed E-state index contributed by atoms with van der Waals surface area (Å²) in [5.74, 6) is 1.64. The number of hydrogen-bond donors (Lipinski definition) is 1. The van der Waals surface area contributed by atoms with Crippen LogP contribution in [-0.4, -0.2) is 21.6 Å². The molecule has 0 amide bonds. The zero-order valence-corrected chi connectivity index (χ0v) is 11.8. The third-order valence-corrected chi connectivity index (χ3v) is 3.50. The largest absolute Gasteiger partial charge is 0.506 e. The van der Waals surface area contributed by atoms with Crippen molar-refractivity contribution in [3.63, 3.8) is 0 Å². The van der Waals surface area contributed by atoms with Gasteiger partial charge in [-0.15, -0.1) is 0 Å². The zero-order chi connectivity index (χ0) is 13.4. The monoisotopic (exact) mass is 318 g/mol. The number of fused-ring (bicyclic) bond motifs is 1. The molecule has 3 rings (SSSR count). The fraction of sp³-hybridized carbons (Fsp3) is 0.0714. The van der Waals surface area contributed by atoms with Gasteiger partial charge in [-0.1, -0.05) is 12.1 Å². The summed E-state index contributed by atoms with van der Waals surface area (Å²) in [4.78, 5) is 4.47. The van der Waals surface area contributed by atoms with E-state index in [9.17, 15) is 5.11 Å². The van der Waals surface area contributed by atoms with Crippen LogP contribution in [0.3, 0.4) is 0 Å². The molecule has 0 bridgehead atoms. The van der Waals surface area contributed by atoms with Crippen LogP contribution >= 0.6 is 15.9 Å². The van der Waals surface area contributed by atoms with Gasteiger partial charge in [0.25, 0.3) is 0 Å². The average Bonchev–Trinajstić information content (AvgIpc) is 2.77. The van der Waals surface area contributed by atoms with E-state index in [0.29, 0.717) is 10.1 Å². The highest BCUT2D eigenvalue weighted by Gasteiger charge is 2.16. The van der Waals surface area contributed by atoms with Crippen LogP contribution in [0.1, 0.15) is 0 Å². The molecule has 2 heterocycles. The first-order valence-corrected chi connectivity index (χ1v) is 6.50. The molecule has 96 valence electrons. The van der Waals surface area contributed by atoms with Gasteiger partial charge in [-0.2, -0.15) is 0 Å². The van der Waals surface area contributed by atoms with Crippen LogP contribution in [0.15, 0.2) is 47.2 Å². The van der Waals surface area contributed by atoms with Crippen molar-refractivity contribution in [1.82, 2.24) is 9.38 Å². The quantitative estimate of drug-likeness (QED) is 0.787. The third kappa shape index (κ3) is 1.86. The predicted octanol–water partition coefficient (Wildman–Crippen LogP) is 3.48. The summed E-state index contributed by atoms with van der Waals surface area (Å²) in [5, 5.41) is 9.92. The molecule has 1 aromatic carbocycles. The van der Waals surface area contributed by atoms with Gasteiger partial charge < -0.3 is 9.84 Å². The Morgan fingerprint density at radius 3 is 2.79 bits per heavy atom. The number of para-hydroxylation sites is 1. The molecule has 4 nitrogen and oxygen atoms in total. The molecule has 2 aromatic heterocycles. The summed E-state index contributed by atoms with van der Waals surface area (Å²) < 4.78 is 7.79. The Balaban J connectivity index is 2.35. The molecule has 1 N–H and O–H groups in total. The number of hydrogen-bond acceptors (Lipinski definition) is 3. The summed E-state index contributed by atoms with van der Waals surface area (Å²) in [6.07, 6.45) is 1.86. The Morgan fingerprint density at radius 2 is 2.00 bits per heavy atom. The number of nitrogens with zero attached hydrogens (tertiary/aromatic N) is 2. The van der Waals surface area contributed by atoms with E-state index in [0.717, 1.165) is 17.1 Å². The minimum absolute atomic E-state index is 0.183. The Labute approximate surface area is 118 Å². The van der Waals surface area contributed by atoms with Gasteiger partial charge in [0.15, 0.2) is 0 Å². The average molecular weight is 319 g/mol. The van der Waals surface area contributed by atoms with E-state index >= 15 is 0 Å². The first-order chi connectivity index (χ1) is 9.22. The third-order valence-electron chi connectivity index (χ3n) is 2.95. The summed E-state index contributed by atoms with van der Waals surface area (Å²) in [6, 6.07) is 11.1. The van der Waals surface area contributed by atoms with Crippen LogP contribution in [0.2, 0.25) is 0 Å². The highest BCUT2D eigenvalue weighted by molar-refractivity contribution is 9.10. The van der Waals surface area contributed by atoms with E-state index in [1.807, 2.05) is 34.9 Å². The summed E-state index contributed by atoms with van der Waals surface area (Å²) in [5.41, 5.74) is 1.51. The van der Waals surface area contributed by atoms with Crippen molar-refractivity contribution in [1.29, 1.82) is 0 Å². The topological polar surface area (TPSA) is 46.8 Å². The van der Waals surface area contributed by atoms with Crippen LogP contribution in [0.25, 0.3) is 16.9 Å². The normalized spacial score (nSPS) is 10.8. The number of aromatic hydroxyl groups is 1. The van der Waals surface area contributed by atoms with Crippen LogP contribution in [0.4, 0.5) is 0 Å². The lowest BCUT2D eigenvalue weighted by Gasteiger charge is -2.07.